The van der Waals surface area contributed by atoms with E-state index in [9.17, 15) is 14.4 Å². The maximum Gasteiger partial charge on any atom is 0.413 e. The number of carbonyl (C=O) groups excluding carboxylic acids is 3. The molecule has 0 radical (unpaired) electrons. The minimum Gasteiger partial charge on any atom is -0.444 e. The summed E-state index contributed by atoms with van der Waals surface area (Å²) in [6.07, 6.45) is 5.82. The van der Waals surface area contributed by atoms with Crippen LogP contribution in [0.25, 0.3) is 0 Å². The van der Waals surface area contributed by atoms with Gasteiger partial charge < -0.3 is 20.3 Å². The second-order valence-electron chi connectivity index (χ2n) is 9.88. The van der Waals surface area contributed by atoms with Crippen molar-refractivity contribution in [3.63, 3.8) is 0 Å². The smallest absolute Gasteiger partial charge is 0.413 e. The Bertz CT molecular complexity index is 1060. The van der Waals surface area contributed by atoms with Gasteiger partial charge in [-0.05, 0) is 76.7 Å². The molecular weight excluding hydrogens is 460 g/mol. The highest BCUT2D eigenvalue weighted by molar-refractivity contribution is 6.39. The summed E-state index contributed by atoms with van der Waals surface area (Å²) in [7, 11) is 1.77. The molecule has 10 heteroatoms. The minimum atomic E-state index is -0.766. The van der Waals surface area contributed by atoms with E-state index in [1.165, 1.54) is 6.20 Å². The van der Waals surface area contributed by atoms with Crippen molar-refractivity contribution in [3.8, 4) is 0 Å². The second kappa shape index (κ2) is 12.3. The quantitative estimate of drug-likeness (QED) is 0.402. The number of aliphatic imine (C=N–C) groups is 1. The number of amides is 3. The highest BCUT2D eigenvalue weighted by Crippen LogP contribution is 2.26. The van der Waals surface area contributed by atoms with Crippen molar-refractivity contribution < 1.29 is 19.1 Å². The van der Waals surface area contributed by atoms with E-state index in [4.69, 9.17) is 4.74 Å². The van der Waals surface area contributed by atoms with Crippen LogP contribution >= 0.6 is 0 Å². The summed E-state index contributed by atoms with van der Waals surface area (Å²) in [6, 6.07) is 1.31. The van der Waals surface area contributed by atoms with Crippen LogP contribution in [0, 0.1) is 12.8 Å². The maximum atomic E-state index is 13.2. The molecule has 0 unspecified atom stereocenters. The zero-order chi connectivity index (χ0) is 27.0. The van der Waals surface area contributed by atoms with Crippen LogP contribution in [0.5, 0.6) is 0 Å². The van der Waals surface area contributed by atoms with Gasteiger partial charge in [0.05, 0.1) is 17.9 Å². The van der Waals surface area contributed by atoms with Crippen molar-refractivity contribution in [1.82, 2.24) is 15.2 Å². The number of rotatable bonds is 6. The topological polar surface area (TPSA) is 125 Å². The largest absolute Gasteiger partial charge is 0.444 e. The number of ether oxygens (including phenoxy) is 1. The van der Waals surface area contributed by atoms with Gasteiger partial charge in [0.15, 0.2) is 0 Å². The number of aryl methyl sites for hydroxylation is 1. The van der Waals surface area contributed by atoms with Crippen molar-refractivity contribution in [2.75, 3.05) is 24.2 Å². The van der Waals surface area contributed by atoms with Crippen molar-refractivity contribution in [2.45, 2.75) is 66.0 Å². The number of hydrogen-bond acceptors (Lipinski definition) is 7. The van der Waals surface area contributed by atoms with E-state index in [1.54, 1.807) is 51.9 Å². The summed E-state index contributed by atoms with van der Waals surface area (Å²) in [5.74, 6) is -0.167. The van der Waals surface area contributed by atoms with E-state index in [2.05, 4.69) is 32.5 Å². The van der Waals surface area contributed by atoms with Crippen LogP contribution in [-0.4, -0.2) is 59.2 Å². The standard InChI is InChI=1S/C26H38N6O4/c1-9-21(27-8)28-13-18(4)20-11-10-16(2)15-32(20)24(34)23(33)30-19-12-17(3)22(29-14-19)31-25(35)36-26(5,6)7/h9,12-14,16,20,27H,4,10-11,15H2,1-3,5-8H3,(H,30,33)(H,29,31,35)/b21-9-,28-13?/t16-,20+/m1/s1. The third-order valence-electron chi connectivity index (χ3n) is 5.56. The van der Waals surface area contributed by atoms with Gasteiger partial charge in [0.2, 0.25) is 0 Å². The monoisotopic (exact) mass is 498 g/mol. The summed E-state index contributed by atoms with van der Waals surface area (Å²) < 4.78 is 5.24. The molecule has 3 N–H and O–H groups in total. The zero-order valence-corrected chi connectivity index (χ0v) is 22.3. The number of likely N-dealkylation sites (tertiary alicyclic amines) is 1. The summed E-state index contributed by atoms with van der Waals surface area (Å²) in [4.78, 5) is 48.2. The number of nitrogens with one attached hydrogen (secondary N) is 3. The number of aromatic nitrogens is 1. The lowest BCUT2D eigenvalue weighted by atomic mass is 9.90. The lowest BCUT2D eigenvalue weighted by Crippen LogP contribution is -2.51. The summed E-state index contributed by atoms with van der Waals surface area (Å²) in [5.41, 5.74) is 0.960. The maximum absolute atomic E-state index is 13.2. The number of nitrogens with zero attached hydrogens (tertiary/aromatic N) is 3. The van der Waals surface area contributed by atoms with Gasteiger partial charge in [0.25, 0.3) is 0 Å². The molecule has 10 nitrogen and oxygen atoms in total. The fourth-order valence-corrected chi connectivity index (χ4v) is 3.77. The Morgan fingerprint density at radius 3 is 2.53 bits per heavy atom. The van der Waals surface area contributed by atoms with Gasteiger partial charge >= 0.3 is 17.9 Å². The molecule has 0 aromatic carbocycles. The third kappa shape index (κ3) is 8.21. The van der Waals surface area contributed by atoms with Gasteiger partial charge in [-0.15, -0.1) is 0 Å². The highest BCUT2D eigenvalue weighted by Gasteiger charge is 2.34. The van der Waals surface area contributed by atoms with Crippen molar-refractivity contribution in [2.24, 2.45) is 10.9 Å². The van der Waals surface area contributed by atoms with Gasteiger partial charge in [-0.3, -0.25) is 14.9 Å². The Morgan fingerprint density at radius 1 is 1.25 bits per heavy atom. The van der Waals surface area contributed by atoms with Crippen molar-refractivity contribution in [1.29, 1.82) is 0 Å². The predicted octanol–water partition coefficient (Wildman–Crippen LogP) is 4.01. The molecule has 3 amide bonds. The van der Waals surface area contributed by atoms with Crippen LogP contribution in [0.1, 0.15) is 53.0 Å². The predicted molar refractivity (Wildman–Crippen MR) is 142 cm³/mol. The number of hydrogen-bond donors (Lipinski definition) is 3. The van der Waals surface area contributed by atoms with E-state index in [0.717, 1.165) is 6.42 Å². The van der Waals surface area contributed by atoms with E-state index >= 15 is 0 Å². The Hall–Kier alpha value is -3.69. The Balaban J connectivity index is 2.11. The summed E-state index contributed by atoms with van der Waals surface area (Å²) >= 11 is 0. The number of pyridine rings is 1. The molecule has 1 aromatic heterocycles. The molecule has 1 saturated heterocycles. The number of anilines is 2. The first kappa shape index (κ1) is 28.5. The van der Waals surface area contributed by atoms with Crippen LogP contribution < -0.4 is 16.0 Å². The molecule has 2 rings (SSSR count). The molecule has 0 saturated carbocycles. The summed E-state index contributed by atoms with van der Waals surface area (Å²) in [5, 5.41) is 8.17. The molecule has 0 bridgehead atoms. The molecule has 0 aliphatic carbocycles. The molecule has 1 aliphatic heterocycles. The first-order valence-corrected chi connectivity index (χ1v) is 12.0. The second-order valence-corrected chi connectivity index (χ2v) is 9.88. The minimum absolute atomic E-state index is 0.258. The van der Waals surface area contributed by atoms with Crippen LogP contribution in [0.4, 0.5) is 16.3 Å². The van der Waals surface area contributed by atoms with Crippen LogP contribution in [0.3, 0.4) is 0 Å². The number of piperidine rings is 1. The van der Waals surface area contributed by atoms with Gasteiger partial charge in [-0.25, -0.2) is 14.8 Å². The lowest BCUT2D eigenvalue weighted by Gasteiger charge is -2.38. The molecule has 2 heterocycles. The van der Waals surface area contributed by atoms with Gasteiger partial charge in [0.1, 0.15) is 17.2 Å². The van der Waals surface area contributed by atoms with E-state index < -0.39 is 23.5 Å². The fraction of sp³-hybridized carbons (Fsp3) is 0.500. The van der Waals surface area contributed by atoms with Crippen molar-refractivity contribution >= 4 is 35.6 Å². The first-order valence-electron chi connectivity index (χ1n) is 12.0. The Labute approximate surface area is 213 Å². The average molecular weight is 499 g/mol. The van der Waals surface area contributed by atoms with Crippen molar-refractivity contribution in [3.05, 3.63) is 41.9 Å². The molecule has 0 spiro atoms. The Kier molecular flexibility index (Phi) is 9.77. The SMILES string of the molecule is C=C(C=N/C(=C\C)NC)[C@@H]1CC[C@@H](C)CN1C(=O)C(=O)Nc1cnc(NC(=O)OC(C)(C)C)c(C)c1. The molecular formula is C26H38N6O4. The zero-order valence-electron chi connectivity index (χ0n) is 22.3. The number of carbonyl (C=O) groups is 3. The molecule has 1 aliphatic rings. The Morgan fingerprint density at radius 2 is 1.94 bits per heavy atom. The number of allylic oxidation sites excluding steroid dienone is 1. The molecule has 2 atom stereocenters. The van der Waals surface area contributed by atoms with Gasteiger partial charge in [0, 0.05) is 19.8 Å². The molecule has 196 valence electrons. The average Bonchev–Trinajstić information content (AvgIpc) is 2.79. The van der Waals surface area contributed by atoms with Gasteiger partial charge in [-0.2, -0.15) is 0 Å². The summed E-state index contributed by atoms with van der Waals surface area (Å²) in [6.45, 7) is 15.5. The third-order valence-corrected chi connectivity index (χ3v) is 5.56. The van der Waals surface area contributed by atoms with Crippen LogP contribution in [0.15, 0.2) is 41.3 Å². The van der Waals surface area contributed by atoms with E-state index in [0.29, 0.717) is 41.4 Å². The van der Waals surface area contributed by atoms with Crippen LogP contribution in [-0.2, 0) is 14.3 Å². The van der Waals surface area contributed by atoms with E-state index in [1.807, 2.05) is 19.9 Å². The van der Waals surface area contributed by atoms with Crippen LogP contribution in [0.2, 0.25) is 0 Å². The molecule has 1 aromatic rings. The molecule has 1 fully saturated rings. The van der Waals surface area contributed by atoms with E-state index in [-0.39, 0.29) is 12.0 Å². The molecule has 36 heavy (non-hydrogen) atoms. The first-order chi connectivity index (χ1) is 16.8. The normalized spacial score (nSPS) is 18.5. The fourth-order valence-electron chi connectivity index (χ4n) is 3.77. The lowest BCUT2D eigenvalue weighted by molar-refractivity contribution is -0.145. The highest BCUT2D eigenvalue weighted by atomic mass is 16.6. The van der Waals surface area contributed by atoms with Gasteiger partial charge in [-0.1, -0.05) is 13.5 Å².